The van der Waals surface area contributed by atoms with Gasteiger partial charge in [-0.1, -0.05) is 0 Å². The number of ketones is 1. The van der Waals surface area contributed by atoms with Crippen LogP contribution in [0.1, 0.15) is 19.3 Å². The third kappa shape index (κ3) is 2.66. The second-order valence-corrected chi connectivity index (χ2v) is 3.72. The summed E-state index contributed by atoms with van der Waals surface area (Å²) in [6.07, 6.45) is 2.81. The quantitative estimate of drug-likeness (QED) is 0.673. The minimum absolute atomic E-state index is 0. The molecule has 2 fully saturated rings. The molecule has 0 aromatic heterocycles. The topological polar surface area (TPSA) is 32.3 Å². The van der Waals surface area contributed by atoms with Crippen molar-refractivity contribution in [3.8, 4) is 0 Å². The van der Waals surface area contributed by atoms with Crippen LogP contribution in [0.4, 0.5) is 0 Å². The Bertz CT molecular complexity index is 170. The van der Waals surface area contributed by atoms with E-state index in [0.29, 0.717) is 11.8 Å². The van der Waals surface area contributed by atoms with Crippen molar-refractivity contribution < 1.29 is 4.79 Å². The van der Waals surface area contributed by atoms with E-state index in [1.807, 2.05) is 0 Å². The van der Waals surface area contributed by atoms with Crippen molar-refractivity contribution in [2.24, 2.45) is 0 Å². The zero-order valence-corrected chi connectivity index (χ0v) is 8.61. The first kappa shape index (κ1) is 11.0. The zero-order valence-electron chi connectivity index (χ0n) is 7.79. The van der Waals surface area contributed by atoms with E-state index in [2.05, 4.69) is 10.2 Å². The van der Waals surface area contributed by atoms with Gasteiger partial charge in [0.25, 0.3) is 0 Å². The Morgan fingerprint density at radius 1 is 1.31 bits per heavy atom. The molecule has 0 amide bonds. The van der Waals surface area contributed by atoms with E-state index in [4.69, 9.17) is 0 Å². The van der Waals surface area contributed by atoms with Crippen molar-refractivity contribution in [1.82, 2.24) is 10.2 Å². The number of rotatable bonds is 1. The Balaban J connectivity index is 0.000000845. The SMILES string of the molecule is Cl.O=C1CCN(C2CCNC2)CC1. The van der Waals surface area contributed by atoms with Gasteiger partial charge in [0, 0.05) is 38.5 Å². The van der Waals surface area contributed by atoms with E-state index in [1.54, 1.807) is 0 Å². The summed E-state index contributed by atoms with van der Waals surface area (Å²) in [6, 6.07) is 0.707. The van der Waals surface area contributed by atoms with Crippen LogP contribution in [0.15, 0.2) is 0 Å². The van der Waals surface area contributed by atoms with Gasteiger partial charge in [-0.2, -0.15) is 0 Å². The molecule has 2 aliphatic heterocycles. The van der Waals surface area contributed by atoms with E-state index < -0.39 is 0 Å². The predicted molar refractivity (Wildman–Crippen MR) is 54.3 cm³/mol. The summed E-state index contributed by atoms with van der Waals surface area (Å²) in [4.78, 5) is 13.4. The van der Waals surface area contributed by atoms with Crippen LogP contribution in [0, 0.1) is 0 Å². The highest BCUT2D eigenvalue weighted by Gasteiger charge is 2.25. The van der Waals surface area contributed by atoms with Gasteiger partial charge in [0.15, 0.2) is 0 Å². The number of piperidine rings is 1. The minimum atomic E-state index is 0. The number of nitrogens with zero attached hydrogens (tertiary/aromatic N) is 1. The van der Waals surface area contributed by atoms with Crippen molar-refractivity contribution in [3.05, 3.63) is 0 Å². The number of nitrogens with one attached hydrogen (secondary N) is 1. The number of carbonyl (C=O) groups excluding carboxylic acids is 1. The summed E-state index contributed by atoms with van der Waals surface area (Å²) in [7, 11) is 0. The average molecular weight is 205 g/mol. The molecule has 0 aliphatic carbocycles. The molecule has 2 aliphatic rings. The highest BCUT2D eigenvalue weighted by atomic mass is 35.5. The molecule has 13 heavy (non-hydrogen) atoms. The van der Waals surface area contributed by atoms with Crippen LogP contribution in [0.25, 0.3) is 0 Å². The van der Waals surface area contributed by atoms with Crippen LogP contribution >= 0.6 is 12.4 Å². The van der Waals surface area contributed by atoms with E-state index in [0.717, 1.165) is 39.0 Å². The molecule has 76 valence electrons. The molecule has 3 nitrogen and oxygen atoms in total. The fourth-order valence-corrected chi connectivity index (χ4v) is 2.09. The monoisotopic (exact) mass is 204 g/mol. The molecule has 1 unspecified atom stereocenters. The second kappa shape index (κ2) is 4.94. The smallest absolute Gasteiger partial charge is 0.135 e. The summed E-state index contributed by atoms with van der Waals surface area (Å²) in [5.74, 6) is 0.442. The first-order valence-electron chi connectivity index (χ1n) is 4.83. The van der Waals surface area contributed by atoms with Crippen molar-refractivity contribution in [3.63, 3.8) is 0 Å². The van der Waals surface area contributed by atoms with Gasteiger partial charge in [0.2, 0.25) is 0 Å². The van der Waals surface area contributed by atoms with Crippen LogP contribution in [0.3, 0.4) is 0 Å². The maximum absolute atomic E-state index is 11.0. The molecule has 2 heterocycles. The van der Waals surface area contributed by atoms with Gasteiger partial charge < -0.3 is 5.32 Å². The van der Waals surface area contributed by atoms with Crippen LogP contribution in [0.2, 0.25) is 0 Å². The van der Waals surface area contributed by atoms with Gasteiger partial charge in [-0.15, -0.1) is 12.4 Å². The third-order valence-corrected chi connectivity index (χ3v) is 2.91. The lowest BCUT2D eigenvalue weighted by Gasteiger charge is -2.30. The summed E-state index contributed by atoms with van der Waals surface area (Å²) in [6.45, 7) is 4.25. The average Bonchev–Trinajstić information content (AvgIpc) is 2.58. The number of carbonyl (C=O) groups is 1. The van der Waals surface area contributed by atoms with Crippen LogP contribution < -0.4 is 5.32 Å². The molecule has 0 bridgehead atoms. The van der Waals surface area contributed by atoms with Gasteiger partial charge in [0.1, 0.15) is 5.78 Å². The highest BCUT2D eigenvalue weighted by molar-refractivity contribution is 5.85. The first-order valence-corrected chi connectivity index (χ1v) is 4.83. The molecule has 2 rings (SSSR count). The Kier molecular flexibility index (Phi) is 4.16. The molecule has 4 heteroatoms. The Morgan fingerprint density at radius 2 is 2.00 bits per heavy atom. The molecule has 1 atom stereocenters. The maximum Gasteiger partial charge on any atom is 0.135 e. The molecule has 0 aromatic rings. The minimum Gasteiger partial charge on any atom is -0.315 e. The number of likely N-dealkylation sites (tertiary alicyclic amines) is 1. The Hall–Kier alpha value is -0.120. The summed E-state index contributed by atoms with van der Waals surface area (Å²) in [5, 5.41) is 3.35. The van der Waals surface area contributed by atoms with Gasteiger partial charge in [-0.25, -0.2) is 0 Å². The lowest BCUT2D eigenvalue weighted by Crippen LogP contribution is -2.42. The van der Waals surface area contributed by atoms with Crippen molar-refractivity contribution in [2.45, 2.75) is 25.3 Å². The normalized spacial score (nSPS) is 30.2. The summed E-state index contributed by atoms with van der Waals surface area (Å²) in [5.41, 5.74) is 0. The van der Waals surface area contributed by atoms with E-state index in [1.165, 1.54) is 6.42 Å². The van der Waals surface area contributed by atoms with Gasteiger partial charge in [-0.05, 0) is 13.0 Å². The van der Waals surface area contributed by atoms with Crippen molar-refractivity contribution in [1.29, 1.82) is 0 Å². The molecular formula is C9H17ClN2O. The van der Waals surface area contributed by atoms with Crippen LogP contribution in [-0.2, 0) is 4.79 Å². The van der Waals surface area contributed by atoms with Gasteiger partial charge in [-0.3, -0.25) is 9.69 Å². The maximum atomic E-state index is 11.0. The largest absolute Gasteiger partial charge is 0.315 e. The number of halogens is 1. The zero-order chi connectivity index (χ0) is 8.39. The summed E-state index contributed by atoms with van der Waals surface area (Å²) >= 11 is 0. The molecule has 0 aromatic carbocycles. The van der Waals surface area contributed by atoms with Crippen LogP contribution in [-0.4, -0.2) is 42.9 Å². The van der Waals surface area contributed by atoms with E-state index >= 15 is 0 Å². The predicted octanol–water partition coefficient (Wildman–Crippen LogP) is 0.435. The van der Waals surface area contributed by atoms with Crippen molar-refractivity contribution >= 4 is 18.2 Å². The third-order valence-electron chi connectivity index (χ3n) is 2.91. The fraction of sp³-hybridized carbons (Fsp3) is 0.889. The fourth-order valence-electron chi connectivity index (χ4n) is 2.09. The molecule has 0 saturated carbocycles. The summed E-state index contributed by atoms with van der Waals surface area (Å²) < 4.78 is 0. The first-order chi connectivity index (χ1) is 5.86. The second-order valence-electron chi connectivity index (χ2n) is 3.72. The number of hydrogen-bond acceptors (Lipinski definition) is 3. The van der Waals surface area contributed by atoms with E-state index in [9.17, 15) is 4.79 Å². The molecular weight excluding hydrogens is 188 g/mol. The molecule has 0 radical (unpaired) electrons. The lowest BCUT2D eigenvalue weighted by molar-refractivity contribution is -0.121. The van der Waals surface area contributed by atoms with E-state index in [-0.39, 0.29) is 12.4 Å². The van der Waals surface area contributed by atoms with Crippen LogP contribution in [0.5, 0.6) is 0 Å². The van der Waals surface area contributed by atoms with Gasteiger partial charge in [0.05, 0.1) is 0 Å². The molecule has 1 N–H and O–H groups in total. The Morgan fingerprint density at radius 3 is 2.54 bits per heavy atom. The number of hydrogen-bond donors (Lipinski definition) is 1. The molecule has 0 spiro atoms. The van der Waals surface area contributed by atoms with Gasteiger partial charge >= 0.3 is 0 Å². The number of Topliss-reactive ketones (excluding diaryl/α,β-unsaturated/α-hetero) is 1. The Labute approximate surface area is 85.3 Å². The standard InChI is InChI=1S/C9H16N2O.ClH/c12-9-2-5-11(6-3-9)8-1-4-10-7-8;/h8,10H,1-7H2;1H. The lowest BCUT2D eigenvalue weighted by atomic mass is 10.1. The molecule has 2 saturated heterocycles. The highest BCUT2D eigenvalue weighted by Crippen LogP contribution is 2.13. The van der Waals surface area contributed by atoms with Crippen molar-refractivity contribution in [2.75, 3.05) is 26.2 Å².